The molecule has 0 aliphatic heterocycles. The summed E-state index contributed by atoms with van der Waals surface area (Å²) in [7, 11) is 0. The van der Waals surface area contributed by atoms with Gasteiger partial charge in [-0.3, -0.25) is 4.98 Å². The summed E-state index contributed by atoms with van der Waals surface area (Å²) < 4.78 is 0. The maximum Gasteiger partial charge on any atom is 0.0738 e. The fourth-order valence-electron chi connectivity index (χ4n) is 3.20. The largest absolute Gasteiger partial charge is 0.313 e. The number of aryl methyl sites for hydroxylation is 2. The van der Waals surface area contributed by atoms with Gasteiger partial charge >= 0.3 is 0 Å². The molecule has 0 unspecified atom stereocenters. The minimum Gasteiger partial charge on any atom is -0.313 e. The Labute approximate surface area is 125 Å². The molecule has 1 aliphatic carbocycles. The molecule has 0 saturated heterocycles. The highest BCUT2D eigenvalue weighted by atomic mass is 35.5. The molecule has 0 fully saturated rings. The van der Waals surface area contributed by atoms with E-state index in [0.717, 1.165) is 36.5 Å². The summed E-state index contributed by atoms with van der Waals surface area (Å²) in [5.41, 5.74) is 6.49. The van der Waals surface area contributed by atoms with E-state index in [-0.39, 0.29) is 0 Å². The van der Waals surface area contributed by atoms with Crippen LogP contribution in [0.15, 0.2) is 12.1 Å². The highest BCUT2D eigenvalue weighted by Gasteiger charge is 2.18. The lowest BCUT2D eigenvalue weighted by molar-refractivity contribution is 0.651. The molecule has 2 aromatic rings. The van der Waals surface area contributed by atoms with E-state index >= 15 is 0 Å². The normalized spacial score (nSPS) is 14.6. The second-order valence-electron chi connectivity index (χ2n) is 5.62. The van der Waals surface area contributed by atoms with Crippen LogP contribution >= 0.6 is 11.6 Å². The van der Waals surface area contributed by atoms with Crippen molar-refractivity contribution in [2.75, 3.05) is 6.54 Å². The van der Waals surface area contributed by atoms with Crippen molar-refractivity contribution in [2.45, 2.75) is 46.1 Å². The third-order valence-corrected chi connectivity index (χ3v) is 4.41. The number of nitrogens with zero attached hydrogens (tertiary/aromatic N) is 1. The van der Waals surface area contributed by atoms with Crippen LogP contribution in [0.5, 0.6) is 0 Å². The van der Waals surface area contributed by atoms with E-state index in [9.17, 15) is 0 Å². The zero-order chi connectivity index (χ0) is 14.1. The first-order valence-corrected chi connectivity index (χ1v) is 7.89. The molecular formula is C17H21ClN2. The number of fused-ring (bicyclic) bond motifs is 2. The molecule has 2 nitrogen and oxygen atoms in total. The van der Waals surface area contributed by atoms with Gasteiger partial charge < -0.3 is 5.32 Å². The Hall–Kier alpha value is -1.12. The van der Waals surface area contributed by atoms with Gasteiger partial charge in [0.2, 0.25) is 0 Å². The monoisotopic (exact) mass is 288 g/mol. The Morgan fingerprint density at radius 2 is 2.05 bits per heavy atom. The maximum atomic E-state index is 6.26. The van der Waals surface area contributed by atoms with E-state index in [2.05, 4.69) is 25.2 Å². The van der Waals surface area contributed by atoms with Crippen LogP contribution in [0.4, 0.5) is 0 Å². The Morgan fingerprint density at radius 1 is 1.25 bits per heavy atom. The Balaban J connectivity index is 2.27. The molecule has 1 aromatic carbocycles. The lowest BCUT2D eigenvalue weighted by atomic mass is 9.89. The van der Waals surface area contributed by atoms with Crippen LogP contribution in [0.25, 0.3) is 10.9 Å². The lowest BCUT2D eigenvalue weighted by Crippen LogP contribution is -2.17. The molecule has 3 rings (SSSR count). The van der Waals surface area contributed by atoms with Gasteiger partial charge in [-0.1, -0.05) is 18.5 Å². The topological polar surface area (TPSA) is 24.9 Å². The number of aromatic nitrogens is 1. The third kappa shape index (κ3) is 2.43. The quantitative estimate of drug-likeness (QED) is 0.916. The zero-order valence-corrected chi connectivity index (χ0v) is 13.0. The molecule has 1 N–H and O–H groups in total. The van der Waals surface area contributed by atoms with Gasteiger partial charge in [0.1, 0.15) is 0 Å². The molecule has 1 heterocycles. The van der Waals surface area contributed by atoms with Gasteiger partial charge in [-0.15, -0.1) is 0 Å². The average Bonchev–Trinajstić information content (AvgIpc) is 2.44. The van der Waals surface area contributed by atoms with Crippen LogP contribution < -0.4 is 5.32 Å². The standard InChI is InChI=1S/C17H21ClN2/c1-3-19-10-15-13-6-4-5-7-16(13)20-17-11(2)8-12(18)9-14(15)17/h8-9,19H,3-7,10H2,1-2H3. The molecule has 0 bridgehead atoms. The molecular weight excluding hydrogens is 268 g/mol. The minimum absolute atomic E-state index is 0.810. The second kappa shape index (κ2) is 5.71. The summed E-state index contributed by atoms with van der Waals surface area (Å²) in [5, 5.41) is 5.52. The van der Waals surface area contributed by atoms with Crippen molar-refractivity contribution >= 4 is 22.5 Å². The van der Waals surface area contributed by atoms with Gasteiger partial charge in [-0.25, -0.2) is 0 Å². The number of rotatable bonds is 3. The molecule has 0 radical (unpaired) electrons. The van der Waals surface area contributed by atoms with Crippen molar-refractivity contribution in [3.8, 4) is 0 Å². The van der Waals surface area contributed by atoms with Gasteiger partial charge in [-0.2, -0.15) is 0 Å². The van der Waals surface area contributed by atoms with Gasteiger partial charge in [0.25, 0.3) is 0 Å². The van der Waals surface area contributed by atoms with Gasteiger partial charge in [-0.05, 0) is 68.0 Å². The Morgan fingerprint density at radius 3 is 2.85 bits per heavy atom. The zero-order valence-electron chi connectivity index (χ0n) is 12.2. The number of hydrogen-bond donors (Lipinski definition) is 1. The Bertz CT molecular complexity index is 649. The molecule has 1 aromatic heterocycles. The van der Waals surface area contributed by atoms with Gasteiger partial charge in [0.15, 0.2) is 0 Å². The predicted octanol–water partition coefficient (Wildman–Crippen LogP) is 4.18. The van der Waals surface area contributed by atoms with Crippen molar-refractivity contribution in [1.29, 1.82) is 0 Å². The molecule has 0 saturated carbocycles. The van der Waals surface area contributed by atoms with Crippen LogP contribution in [0, 0.1) is 6.92 Å². The highest BCUT2D eigenvalue weighted by molar-refractivity contribution is 6.31. The van der Waals surface area contributed by atoms with Crippen molar-refractivity contribution < 1.29 is 0 Å². The number of pyridine rings is 1. The van der Waals surface area contributed by atoms with E-state index < -0.39 is 0 Å². The summed E-state index contributed by atoms with van der Waals surface area (Å²) in [6.45, 7) is 6.15. The van der Waals surface area contributed by atoms with E-state index in [1.807, 2.05) is 6.07 Å². The predicted molar refractivity (Wildman–Crippen MR) is 85.5 cm³/mol. The number of nitrogens with one attached hydrogen (secondary N) is 1. The van der Waals surface area contributed by atoms with Crippen molar-refractivity contribution in [2.24, 2.45) is 0 Å². The van der Waals surface area contributed by atoms with E-state index in [0.29, 0.717) is 0 Å². The molecule has 0 atom stereocenters. The van der Waals surface area contributed by atoms with Crippen LogP contribution in [0.3, 0.4) is 0 Å². The second-order valence-corrected chi connectivity index (χ2v) is 6.06. The minimum atomic E-state index is 0.810. The first-order valence-electron chi connectivity index (χ1n) is 7.52. The summed E-state index contributed by atoms with van der Waals surface area (Å²) in [6, 6.07) is 4.10. The molecule has 0 amide bonds. The number of benzene rings is 1. The molecule has 1 aliphatic rings. The molecule has 3 heteroatoms. The van der Waals surface area contributed by atoms with Crippen LogP contribution in [-0.2, 0) is 19.4 Å². The van der Waals surface area contributed by atoms with Gasteiger partial charge in [0.05, 0.1) is 5.52 Å². The summed E-state index contributed by atoms with van der Waals surface area (Å²) in [5.74, 6) is 0. The van der Waals surface area contributed by atoms with E-state index in [1.165, 1.54) is 40.6 Å². The first kappa shape index (κ1) is 13.8. The summed E-state index contributed by atoms with van der Waals surface area (Å²) in [6.07, 6.45) is 4.81. The van der Waals surface area contributed by atoms with Crippen LogP contribution in [0.1, 0.15) is 42.1 Å². The van der Waals surface area contributed by atoms with Gasteiger partial charge in [0, 0.05) is 22.6 Å². The van der Waals surface area contributed by atoms with Crippen LogP contribution in [0.2, 0.25) is 5.02 Å². The van der Waals surface area contributed by atoms with Crippen molar-refractivity contribution in [3.63, 3.8) is 0 Å². The Kier molecular flexibility index (Phi) is 3.95. The summed E-state index contributed by atoms with van der Waals surface area (Å²) in [4.78, 5) is 4.94. The fourth-order valence-corrected chi connectivity index (χ4v) is 3.47. The fraction of sp³-hybridized carbons (Fsp3) is 0.471. The highest BCUT2D eigenvalue weighted by Crippen LogP contribution is 2.32. The van der Waals surface area contributed by atoms with E-state index in [4.69, 9.17) is 16.6 Å². The SMILES string of the molecule is CCNCc1c2c(nc3c(C)cc(Cl)cc13)CCCC2. The molecule has 20 heavy (non-hydrogen) atoms. The summed E-state index contributed by atoms with van der Waals surface area (Å²) >= 11 is 6.26. The van der Waals surface area contributed by atoms with E-state index in [1.54, 1.807) is 0 Å². The van der Waals surface area contributed by atoms with Crippen molar-refractivity contribution in [3.05, 3.63) is 39.5 Å². The number of halogens is 1. The van der Waals surface area contributed by atoms with Crippen molar-refractivity contribution in [1.82, 2.24) is 10.3 Å². The number of hydrogen-bond acceptors (Lipinski definition) is 2. The first-order chi connectivity index (χ1) is 9.70. The smallest absolute Gasteiger partial charge is 0.0738 e. The molecule has 0 spiro atoms. The molecule has 106 valence electrons. The maximum absolute atomic E-state index is 6.26. The third-order valence-electron chi connectivity index (χ3n) is 4.19. The van der Waals surface area contributed by atoms with Crippen LogP contribution in [-0.4, -0.2) is 11.5 Å². The lowest BCUT2D eigenvalue weighted by Gasteiger charge is -2.22. The average molecular weight is 289 g/mol.